The van der Waals surface area contributed by atoms with Crippen LogP contribution in [0.3, 0.4) is 0 Å². The van der Waals surface area contributed by atoms with Crippen molar-refractivity contribution in [3.8, 4) is 11.5 Å². The average molecular weight is 445 g/mol. The highest BCUT2D eigenvalue weighted by molar-refractivity contribution is 6.21. The van der Waals surface area contributed by atoms with E-state index in [0.29, 0.717) is 11.4 Å². The van der Waals surface area contributed by atoms with Gasteiger partial charge >= 0.3 is 0 Å². The molecule has 33 heavy (non-hydrogen) atoms. The maximum Gasteiger partial charge on any atom is 0.255 e. The van der Waals surface area contributed by atoms with Crippen molar-refractivity contribution in [1.29, 1.82) is 0 Å². The molecule has 9 heteroatoms. The molecule has 0 saturated carbocycles. The fourth-order valence-corrected chi connectivity index (χ4v) is 3.36. The third-order valence-electron chi connectivity index (χ3n) is 5.00. The number of phenols is 2. The van der Waals surface area contributed by atoms with Crippen LogP contribution in [0.15, 0.2) is 66.7 Å². The number of carbonyl (C=O) groups excluding carboxylic acids is 4. The maximum atomic E-state index is 12.9. The second-order valence-electron chi connectivity index (χ2n) is 7.39. The normalized spacial score (nSPS) is 13.2. The summed E-state index contributed by atoms with van der Waals surface area (Å²) >= 11 is 0. The van der Waals surface area contributed by atoms with Crippen LogP contribution in [0.25, 0.3) is 0 Å². The number of anilines is 3. The number of rotatable bonds is 5. The Hall–Kier alpha value is -4.66. The standard InChI is InChI=1S/C24H19N3O6/c28-19-5-1-16(2-6-19)25-23(32)14-11-15(24(33)26-17-3-7-20(29)8-4-17)13-18(12-14)27-21(30)9-10-22(27)31/h1-8,11-13,28-29H,9-10H2,(H,25,32)(H,26,33). The van der Waals surface area contributed by atoms with E-state index in [2.05, 4.69) is 10.6 Å². The van der Waals surface area contributed by atoms with Gasteiger partial charge in [0.15, 0.2) is 0 Å². The fraction of sp³-hybridized carbons (Fsp3) is 0.0833. The molecule has 0 bridgehead atoms. The van der Waals surface area contributed by atoms with Gasteiger partial charge in [-0.2, -0.15) is 0 Å². The first-order valence-electron chi connectivity index (χ1n) is 10.0. The van der Waals surface area contributed by atoms with E-state index in [0.717, 1.165) is 4.90 Å². The van der Waals surface area contributed by atoms with E-state index in [9.17, 15) is 29.4 Å². The fourth-order valence-electron chi connectivity index (χ4n) is 3.36. The highest BCUT2D eigenvalue weighted by Crippen LogP contribution is 2.27. The molecule has 1 aliphatic heterocycles. The quantitative estimate of drug-likeness (QED) is 0.352. The van der Waals surface area contributed by atoms with Crippen LogP contribution in [0.1, 0.15) is 33.6 Å². The first-order valence-corrected chi connectivity index (χ1v) is 10.0. The SMILES string of the molecule is O=C(Nc1ccc(O)cc1)c1cc(C(=O)Nc2ccc(O)cc2)cc(N2C(=O)CCC2=O)c1. The molecule has 1 heterocycles. The maximum absolute atomic E-state index is 12.9. The van der Waals surface area contributed by atoms with Gasteiger partial charge in [-0.15, -0.1) is 0 Å². The number of carbonyl (C=O) groups is 4. The number of phenolic OH excluding ortho intramolecular Hbond substituents is 2. The molecule has 0 aromatic heterocycles. The van der Waals surface area contributed by atoms with E-state index in [1.54, 1.807) is 0 Å². The summed E-state index contributed by atoms with van der Waals surface area (Å²) in [6.45, 7) is 0. The van der Waals surface area contributed by atoms with Crippen molar-refractivity contribution in [2.75, 3.05) is 15.5 Å². The molecule has 4 amide bonds. The van der Waals surface area contributed by atoms with Crippen molar-refractivity contribution in [2.24, 2.45) is 0 Å². The van der Waals surface area contributed by atoms with Crippen LogP contribution in [0.2, 0.25) is 0 Å². The molecule has 3 aromatic carbocycles. The van der Waals surface area contributed by atoms with Gasteiger partial charge in [0.2, 0.25) is 11.8 Å². The lowest BCUT2D eigenvalue weighted by Crippen LogP contribution is -2.29. The molecule has 3 aromatic rings. The summed E-state index contributed by atoms with van der Waals surface area (Å²) in [4.78, 5) is 51.2. The largest absolute Gasteiger partial charge is 0.508 e. The molecule has 0 atom stereocenters. The van der Waals surface area contributed by atoms with Crippen LogP contribution in [0, 0.1) is 0 Å². The Kier molecular flexibility index (Phi) is 5.77. The van der Waals surface area contributed by atoms with Crippen molar-refractivity contribution in [3.05, 3.63) is 77.9 Å². The molecule has 4 rings (SSSR count). The van der Waals surface area contributed by atoms with Crippen LogP contribution >= 0.6 is 0 Å². The second kappa shape index (κ2) is 8.83. The molecule has 4 N–H and O–H groups in total. The molecule has 0 radical (unpaired) electrons. The molecule has 1 fully saturated rings. The number of nitrogens with one attached hydrogen (secondary N) is 2. The monoisotopic (exact) mass is 445 g/mol. The minimum atomic E-state index is -0.569. The first kappa shape index (κ1) is 21.6. The number of benzene rings is 3. The van der Waals surface area contributed by atoms with Crippen molar-refractivity contribution in [2.45, 2.75) is 12.8 Å². The molecule has 0 unspecified atom stereocenters. The van der Waals surface area contributed by atoms with E-state index in [1.807, 2.05) is 0 Å². The smallest absolute Gasteiger partial charge is 0.255 e. The van der Waals surface area contributed by atoms with E-state index >= 15 is 0 Å². The molecule has 1 saturated heterocycles. The summed E-state index contributed by atoms with van der Waals surface area (Å²) in [5.41, 5.74) is 1.06. The highest BCUT2D eigenvalue weighted by Gasteiger charge is 2.31. The number of hydrogen-bond donors (Lipinski definition) is 4. The molecular weight excluding hydrogens is 426 g/mol. The highest BCUT2D eigenvalue weighted by atomic mass is 16.3. The Morgan fingerprint density at radius 3 is 1.45 bits per heavy atom. The Bertz CT molecular complexity index is 1160. The van der Waals surface area contributed by atoms with Crippen LogP contribution in [-0.4, -0.2) is 33.8 Å². The first-order chi connectivity index (χ1) is 15.8. The van der Waals surface area contributed by atoms with Gasteiger partial charge < -0.3 is 20.8 Å². The van der Waals surface area contributed by atoms with Crippen molar-refractivity contribution in [1.82, 2.24) is 0 Å². The van der Waals surface area contributed by atoms with Gasteiger partial charge in [-0.3, -0.25) is 24.1 Å². The summed E-state index contributed by atoms with van der Waals surface area (Å²) in [7, 11) is 0. The lowest BCUT2D eigenvalue weighted by Gasteiger charge is -2.17. The van der Waals surface area contributed by atoms with Gasteiger partial charge in [-0.1, -0.05) is 0 Å². The predicted molar refractivity (Wildman–Crippen MR) is 120 cm³/mol. The predicted octanol–water partition coefficient (Wildman–Crippen LogP) is 3.26. The molecule has 0 aliphatic carbocycles. The van der Waals surface area contributed by atoms with Crippen LogP contribution in [0.4, 0.5) is 17.1 Å². The lowest BCUT2D eigenvalue weighted by molar-refractivity contribution is -0.121. The third-order valence-corrected chi connectivity index (χ3v) is 5.00. The van der Waals surface area contributed by atoms with Gasteiger partial charge in [0.05, 0.1) is 5.69 Å². The Balaban J connectivity index is 1.68. The van der Waals surface area contributed by atoms with Gasteiger partial charge in [-0.25, -0.2) is 0 Å². The summed E-state index contributed by atoms with van der Waals surface area (Å²) in [6, 6.07) is 15.7. The van der Waals surface area contributed by atoms with Crippen LogP contribution < -0.4 is 15.5 Å². The third kappa shape index (κ3) is 4.82. The molecule has 0 spiro atoms. The summed E-state index contributed by atoms with van der Waals surface area (Å²) in [5.74, 6) is -1.90. The van der Waals surface area contributed by atoms with E-state index in [1.165, 1.54) is 66.7 Å². The Morgan fingerprint density at radius 1 is 0.667 bits per heavy atom. The van der Waals surface area contributed by atoms with Crippen molar-refractivity contribution >= 4 is 40.7 Å². The molecule has 166 valence electrons. The van der Waals surface area contributed by atoms with Gasteiger partial charge in [0.1, 0.15) is 11.5 Å². The zero-order valence-electron chi connectivity index (χ0n) is 17.2. The number of aromatic hydroxyl groups is 2. The number of nitrogens with zero attached hydrogens (tertiary/aromatic N) is 1. The number of amides is 4. The lowest BCUT2D eigenvalue weighted by atomic mass is 10.1. The second-order valence-corrected chi connectivity index (χ2v) is 7.39. The number of hydrogen-bond acceptors (Lipinski definition) is 6. The summed E-state index contributed by atoms with van der Waals surface area (Å²) in [6.07, 6.45) is 0.107. The summed E-state index contributed by atoms with van der Waals surface area (Å²) in [5, 5.41) is 24.1. The molecule has 9 nitrogen and oxygen atoms in total. The molecular formula is C24H19N3O6. The minimum absolute atomic E-state index is 0.0363. The van der Waals surface area contributed by atoms with Crippen LogP contribution in [-0.2, 0) is 9.59 Å². The van der Waals surface area contributed by atoms with E-state index < -0.39 is 23.6 Å². The average Bonchev–Trinajstić information content (AvgIpc) is 3.14. The number of imide groups is 1. The Morgan fingerprint density at radius 2 is 1.06 bits per heavy atom. The van der Waals surface area contributed by atoms with Gasteiger partial charge in [0, 0.05) is 35.3 Å². The van der Waals surface area contributed by atoms with Crippen LogP contribution in [0.5, 0.6) is 11.5 Å². The zero-order valence-corrected chi connectivity index (χ0v) is 17.2. The van der Waals surface area contributed by atoms with Gasteiger partial charge in [-0.05, 0) is 66.7 Å². The Labute approximate surface area is 188 Å². The van der Waals surface area contributed by atoms with Crippen molar-refractivity contribution < 1.29 is 29.4 Å². The zero-order chi connectivity index (χ0) is 23.5. The summed E-state index contributed by atoms with van der Waals surface area (Å²) < 4.78 is 0. The molecule has 1 aliphatic rings. The minimum Gasteiger partial charge on any atom is -0.508 e. The van der Waals surface area contributed by atoms with E-state index in [-0.39, 0.29) is 41.2 Å². The van der Waals surface area contributed by atoms with Crippen molar-refractivity contribution in [3.63, 3.8) is 0 Å². The van der Waals surface area contributed by atoms with E-state index in [4.69, 9.17) is 0 Å². The topological polar surface area (TPSA) is 136 Å². The van der Waals surface area contributed by atoms with Gasteiger partial charge in [0.25, 0.3) is 11.8 Å².